The third kappa shape index (κ3) is 5.52. The molecular weight excluding hydrogens is 390 g/mol. The van der Waals surface area contributed by atoms with Gasteiger partial charge in [0.1, 0.15) is 5.75 Å². The van der Waals surface area contributed by atoms with Crippen LogP contribution in [0.15, 0.2) is 66.7 Å². The van der Waals surface area contributed by atoms with Gasteiger partial charge in [-0.05, 0) is 54.3 Å². The summed E-state index contributed by atoms with van der Waals surface area (Å²) in [6.07, 6.45) is 1.76. The highest BCUT2D eigenvalue weighted by Gasteiger charge is 2.13. The summed E-state index contributed by atoms with van der Waals surface area (Å²) in [5.74, 6) is 0.815. The lowest BCUT2D eigenvalue weighted by Crippen LogP contribution is -2.18. The highest BCUT2D eigenvalue weighted by molar-refractivity contribution is 5.90. The van der Waals surface area contributed by atoms with Gasteiger partial charge in [-0.3, -0.25) is 0 Å². The smallest absolute Gasteiger partial charge is 0.349 e. The molecule has 156 valence electrons. The fourth-order valence-electron chi connectivity index (χ4n) is 3.13. The number of nitrogens with zero attached hydrogens (tertiary/aromatic N) is 1. The average molecular weight is 413 g/mol. The molecule has 0 saturated heterocycles. The predicted molar refractivity (Wildman–Crippen MR) is 120 cm³/mol. The van der Waals surface area contributed by atoms with Crippen LogP contribution in [0.2, 0.25) is 0 Å². The van der Waals surface area contributed by atoms with E-state index < -0.39 is 5.97 Å². The first-order valence-electron chi connectivity index (χ1n) is 9.76. The Morgan fingerprint density at radius 2 is 1.68 bits per heavy atom. The third-order valence-corrected chi connectivity index (χ3v) is 4.67. The predicted octanol–water partition coefficient (Wildman–Crippen LogP) is 5.36. The maximum Gasteiger partial charge on any atom is 0.349 e. The third-order valence-electron chi connectivity index (χ3n) is 4.67. The molecule has 5 nitrogen and oxygen atoms in total. The fourth-order valence-corrected chi connectivity index (χ4v) is 3.13. The molecule has 0 unspecified atom stereocenters. The fraction of sp³-hybridized carbons (Fsp3) is 0.154. The Morgan fingerprint density at radius 3 is 2.32 bits per heavy atom. The summed E-state index contributed by atoms with van der Waals surface area (Å²) in [5.41, 5.74) is 4.00. The largest absolute Gasteiger partial charge is 0.493 e. The molecule has 0 N–H and O–H groups in total. The van der Waals surface area contributed by atoms with Crippen molar-refractivity contribution in [3.63, 3.8) is 0 Å². The molecule has 0 aromatic heterocycles. The minimum absolute atomic E-state index is 0.219. The van der Waals surface area contributed by atoms with Crippen molar-refractivity contribution in [2.45, 2.75) is 13.8 Å². The standard InChI is InChI=1S/C26H23NO4/c1-18-8-7-9-19(2)26(18)30-17-25(28)31-23-13-12-20(15-24(23)29-3)14-22(16-27)21-10-5-4-6-11-21/h4-15H,17H2,1-3H3. The van der Waals surface area contributed by atoms with Crippen molar-refractivity contribution in [3.8, 4) is 23.3 Å². The van der Waals surface area contributed by atoms with Crippen LogP contribution in [0, 0.1) is 25.2 Å². The van der Waals surface area contributed by atoms with Crippen LogP contribution in [-0.2, 0) is 4.79 Å². The second kappa shape index (κ2) is 10.1. The number of nitriles is 1. The van der Waals surface area contributed by atoms with Gasteiger partial charge in [0.25, 0.3) is 0 Å². The van der Waals surface area contributed by atoms with E-state index in [1.807, 2.05) is 62.4 Å². The molecule has 0 fully saturated rings. The number of carbonyl (C=O) groups excluding carboxylic acids is 1. The lowest BCUT2D eigenvalue weighted by molar-refractivity contribution is -0.136. The number of hydrogen-bond donors (Lipinski definition) is 0. The summed E-state index contributed by atoms with van der Waals surface area (Å²) in [5, 5.41) is 9.50. The van der Waals surface area contributed by atoms with Crippen molar-refractivity contribution >= 4 is 17.6 Å². The van der Waals surface area contributed by atoms with Crippen LogP contribution in [0.3, 0.4) is 0 Å². The Bertz CT molecular complexity index is 1120. The number of para-hydroxylation sites is 1. The van der Waals surface area contributed by atoms with Gasteiger partial charge in [0.2, 0.25) is 0 Å². The van der Waals surface area contributed by atoms with E-state index in [4.69, 9.17) is 14.2 Å². The molecule has 0 aliphatic carbocycles. The molecular formula is C26H23NO4. The zero-order valence-corrected chi connectivity index (χ0v) is 17.7. The molecule has 3 aromatic rings. The number of rotatable bonds is 7. The second-order valence-corrected chi connectivity index (χ2v) is 6.93. The summed E-state index contributed by atoms with van der Waals surface area (Å²) >= 11 is 0. The van der Waals surface area contributed by atoms with Crippen LogP contribution in [0.5, 0.6) is 17.2 Å². The minimum Gasteiger partial charge on any atom is -0.493 e. The molecule has 31 heavy (non-hydrogen) atoms. The Labute approximate surface area is 182 Å². The summed E-state index contributed by atoms with van der Waals surface area (Å²) in [7, 11) is 1.50. The number of benzene rings is 3. The van der Waals surface area contributed by atoms with Crippen molar-refractivity contribution in [2.24, 2.45) is 0 Å². The molecule has 0 aliphatic rings. The Morgan fingerprint density at radius 1 is 0.968 bits per heavy atom. The first kappa shape index (κ1) is 21.7. The number of hydrogen-bond acceptors (Lipinski definition) is 5. The van der Waals surface area contributed by atoms with Crippen molar-refractivity contribution in [3.05, 3.63) is 89.0 Å². The van der Waals surface area contributed by atoms with E-state index in [-0.39, 0.29) is 12.4 Å². The number of aryl methyl sites for hydroxylation is 2. The lowest BCUT2D eigenvalue weighted by atomic mass is 10.0. The summed E-state index contributed by atoms with van der Waals surface area (Å²) < 4.78 is 16.5. The van der Waals surface area contributed by atoms with Gasteiger partial charge in [-0.2, -0.15) is 5.26 Å². The van der Waals surface area contributed by atoms with Crippen molar-refractivity contribution < 1.29 is 19.0 Å². The molecule has 0 amide bonds. The van der Waals surface area contributed by atoms with E-state index >= 15 is 0 Å². The van der Waals surface area contributed by atoms with E-state index in [1.54, 1.807) is 24.3 Å². The lowest BCUT2D eigenvalue weighted by Gasteiger charge is -2.13. The average Bonchev–Trinajstić information content (AvgIpc) is 2.78. The van der Waals surface area contributed by atoms with Crippen molar-refractivity contribution in [1.29, 1.82) is 5.26 Å². The molecule has 3 rings (SSSR count). The quantitative estimate of drug-likeness (QED) is 0.226. The Kier molecular flexibility index (Phi) is 7.08. The van der Waals surface area contributed by atoms with E-state index in [1.165, 1.54) is 7.11 Å². The maximum atomic E-state index is 12.3. The summed E-state index contributed by atoms with van der Waals surface area (Å²) in [6, 6.07) is 22.5. The zero-order chi connectivity index (χ0) is 22.2. The van der Waals surface area contributed by atoms with Gasteiger partial charge in [0.15, 0.2) is 18.1 Å². The molecule has 0 radical (unpaired) electrons. The van der Waals surface area contributed by atoms with Crippen LogP contribution < -0.4 is 14.2 Å². The first-order valence-corrected chi connectivity index (χ1v) is 9.76. The monoisotopic (exact) mass is 413 g/mol. The van der Waals surface area contributed by atoms with Gasteiger partial charge in [0, 0.05) is 0 Å². The number of allylic oxidation sites excluding steroid dienone is 1. The highest BCUT2D eigenvalue weighted by Crippen LogP contribution is 2.30. The Hall–Kier alpha value is -4.04. The van der Waals surface area contributed by atoms with E-state index in [9.17, 15) is 10.1 Å². The molecule has 0 spiro atoms. The van der Waals surface area contributed by atoms with Gasteiger partial charge in [-0.1, -0.05) is 54.6 Å². The van der Waals surface area contributed by atoms with Gasteiger partial charge in [-0.15, -0.1) is 0 Å². The van der Waals surface area contributed by atoms with E-state index in [0.29, 0.717) is 17.1 Å². The van der Waals surface area contributed by atoms with Crippen LogP contribution in [-0.4, -0.2) is 19.7 Å². The van der Waals surface area contributed by atoms with Gasteiger partial charge in [-0.25, -0.2) is 4.79 Å². The zero-order valence-electron chi connectivity index (χ0n) is 17.7. The number of esters is 1. The number of carbonyl (C=O) groups is 1. The van der Waals surface area contributed by atoms with Gasteiger partial charge in [0.05, 0.1) is 18.8 Å². The molecule has 3 aromatic carbocycles. The topological polar surface area (TPSA) is 68.5 Å². The molecule has 5 heteroatoms. The molecule has 0 atom stereocenters. The van der Waals surface area contributed by atoms with Gasteiger partial charge < -0.3 is 14.2 Å². The van der Waals surface area contributed by atoms with Crippen LogP contribution in [0.25, 0.3) is 11.6 Å². The second-order valence-electron chi connectivity index (χ2n) is 6.93. The first-order chi connectivity index (χ1) is 15.0. The van der Waals surface area contributed by atoms with Crippen LogP contribution in [0.1, 0.15) is 22.3 Å². The van der Waals surface area contributed by atoms with E-state index in [0.717, 1.165) is 22.3 Å². The van der Waals surface area contributed by atoms with Gasteiger partial charge >= 0.3 is 5.97 Å². The Balaban J connectivity index is 1.73. The normalized spacial score (nSPS) is 10.8. The highest BCUT2D eigenvalue weighted by atomic mass is 16.6. The molecule has 0 aliphatic heterocycles. The number of methoxy groups -OCH3 is 1. The summed E-state index contributed by atoms with van der Waals surface area (Å²) in [4.78, 5) is 12.3. The molecule has 0 heterocycles. The van der Waals surface area contributed by atoms with Crippen LogP contribution >= 0.6 is 0 Å². The van der Waals surface area contributed by atoms with Crippen molar-refractivity contribution in [2.75, 3.05) is 13.7 Å². The van der Waals surface area contributed by atoms with E-state index in [2.05, 4.69) is 6.07 Å². The minimum atomic E-state index is -0.536. The SMILES string of the molecule is COc1cc(C=C(C#N)c2ccccc2)ccc1OC(=O)COc1c(C)cccc1C. The molecule has 0 bridgehead atoms. The maximum absolute atomic E-state index is 12.3. The van der Waals surface area contributed by atoms with Crippen molar-refractivity contribution in [1.82, 2.24) is 0 Å². The number of ether oxygens (including phenoxy) is 3. The molecule has 0 saturated carbocycles. The van der Waals surface area contributed by atoms with Crippen LogP contribution in [0.4, 0.5) is 0 Å². The summed E-state index contributed by atoms with van der Waals surface area (Å²) in [6.45, 7) is 3.63.